The van der Waals surface area contributed by atoms with Crippen LogP contribution in [-0.4, -0.2) is 29.3 Å². The van der Waals surface area contributed by atoms with Crippen molar-refractivity contribution in [2.24, 2.45) is 17.1 Å². The van der Waals surface area contributed by atoms with Gasteiger partial charge in [-0.2, -0.15) is 5.26 Å². The van der Waals surface area contributed by atoms with E-state index in [4.69, 9.17) is 5.73 Å². The zero-order valence-corrected chi connectivity index (χ0v) is 12.0. The first-order valence-corrected chi connectivity index (χ1v) is 6.93. The van der Waals surface area contributed by atoms with Gasteiger partial charge in [-0.25, -0.2) is 0 Å². The average Bonchev–Trinajstić information content (AvgIpc) is 2.41. The Kier molecular flexibility index (Phi) is 4.93. The summed E-state index contributed by atoms with van der Waals surface area (Å²) in [7, 11) is 0. The lowest BCUT2D eigenvalue weighted by Crippen LogP contribution is -2.53. The van der Waals surface area contributed by atoms with Crippen LogP contribution in [0.25, 0.3) is 0 Å². The minimum absolute atomic E-state index is 0.0638. The largest absolute Gasteiger partial charge is 0.369 e. The fraction of sp³-hybridized carbons (Fsp3) is 0.786. The van der Waals surface area contributed by atoms with Crippen molar-refractivity contribution in [2.75, 3.05) is 6.54 Å². The first-order chi connectivity index (χ1) is 8.91. The van der Waals surface area contributed by atoms with Crippen LogP contribution in [0.1, 0.15) is 46.5 Å². The van der Waals surface area contributed by atoms with Gasteiger partial charge in [0.25, 0.3) is 0 Å². The number of rotatable bonds is 4. The molecule has 1 aliphatic heterocycles. The standard InChI is InChI=1S/C14H23N3O2/c1-4-14(5-2,9-15)13(19)17-8-11(12(16)18)7-6-10(17)3/h10-11H,4-8H2,1-3H3,(H2,16,18). The number of nitrogens with two attached hydrogens (primary N) is 1. The maximum absolute atomic E-state index is 12.6. The number of primary amides is 1. The van der Waals surface area contributed by atoms with Crippen molar-refractivity contribution in [1.82, 2.24) is 4.90 Å². The number of nitrogens with zero attached hydrogens (tertiary/aromatic N) is 2. The summed E-state index contributed by atoms with van der Waals surface area (Å²) in [6.07, 6.45) is 2.46. The smallest absolute Gasteiger partial charge is 0.243 e. The number of piperidine rings is 1. The SMILES string of the molecule is CCC(C#N)(CC)C(=O)N1CC(C(N)=O)CCC1C. The highest BCUT2D eigenvalue weighted by Gasteiger charge is 2.42. The molecule has 0 aromatic rings. The minimum atomic E-state index is -0.964. The number of nitriles is 1. The third-order valence-electron chi connectivity index (χ3n) is 4.38. The van der Waals surface area contributed by atoms with E-state index in [1.165, 1.54) is 0 Å². The molecule has 1 fully saturated rings. The fourth-order valence-electron chi connectivity index (χ4n) is 2.66. The fourth-order valence-corrected chi connectivity index (χ4v) is 2.66. The lowest BCUT2D eigenvalue weighted by Gasteiger charge is -2.40. The summed E-state index contributed by atoms with van der Waals surface area (Å²) < 4.78 is 0. The molecule has 2 amide bonds. The van der Waals surface area contributed by atoms with Crippen LogP contribution in [0.4, 0.5) is 0 Å². The summed E-state index contributed by atoms with van der Waals surface area (Å²) in [6.45, 7) is 6.01. The quantitative estimate of drug-likeness (QED) is 0.834. The summed E-state index contributed by atoms with van der Waals surface area (Å²) in [5.74, 6) is -0.802. The number of likely N-dealkylation sites (tertiary alicyclic amines) is 1. The number of carbonyl (C=O) groups excluding carboxylic acids is 2. The molecule has 2 N–H and O–H groups in total. The van der Waals surface area contributed by atoms with Crippen LogP contribution < -0.4 is 5.73 Å². The van der Waals surface area contributed by atoms with Crippen molar-refractivity contribution in [3.63, 3.8) is 0 Å². The Morgan fingerprint density at radius 1 is 1.37 bits per heavy atom. The first kappa shape index (κ1) is 15.5. The van der Waals surface area contributed by atoms with Crippen molar-refractivity contribution in [3.8, 4) is 6.07 Å². The van der Waals surface area contributed by atoms with Crippen LogP contribution in [0, 0.1) is 22.7 Å². The Hall–Kier alpha value is -1.57. The predicted octanol–water partition coefficient (Wildman–Crippen LogP) is 1.43. The summed E-state index contributed by atoms with van der Waals surface area (Å²) in [4.78, 5) is 25.6. The Balaban J connectivity index is 2.96. The topological polar surface area (TPSA) is 87.2 Å². The molecule has 1 aliphatic rings. The summed E-state index contributed by atoms with van der Waals surface area (Å²) in [5.41, 5.74) is 4.38. The van der Waals surface area contributed by atoms with Crippen LogP contribution in [0.3, 0.4) is 0 Å². The van der Waals surface area contributed by atoms with Crippen molar-refractivity contribution in [2.45, 2.75) is 52.5 Å². The molecule has 0 bridgehead atoms. The van der Waals surface area contributed by atoms with Crippen LogP contribution >= 0.6 is 0 Å². The van der Waals surface area contributed by atoms with Gasteiger partial charge in [0.2, 0.25) is 11.8 Å². The minimum Gasteiger partial charge on any atom is -0.369 e. The monoisotopic (exact) mass is 265 g/mol. The molecule has 2 unspecified atom stereocenters. The van der Waals surface area contributed by atoms with E-state index in [1.54, 1.807) is 4.90 Å². The second-order valence-electron chi connectivity index (χ2n) is 5.38. The van der Waals surface area contributed by atoms with Gasteiger partial charge in [-0.3, -0.25) is 9.59 Å². The van der Waals surface area contributed by atoms with Crippen LogP contribution in [0.2, 0.25) is 0 Å². The molecule has 0 radical (unpaired) electrons. The highest BCUT2D eigenvalue weighted by Crippen LogP contribution is 2.32. The first-order valence-electron chi connectivity index (χ1n) is 6.93. The molecule has 0 aromatic carbocycles. The maximum atomic E-state index is 12.6. The highest BCUT2D eigenvalue weighted by atomic mass is 16.2. The summed E-state index contributed by atoms with van der Waals surface area (Å²) in [6, 6.07) is 2.23. The van der Waals surface area contributed by atoms with Crippen molar-refractivity contribution < 1.29 is 9.59 Å². The molecule has 106 valence electrons. The molecule has 1 heterocycles. The molecule has 2 atom stereocenters. The Labute approximate surface area is 114 Å². The van der Waals surface area contributed by atoms with Gasteiger partial charge in [0.05, 0.1) is 12.0 Å². The van der Waals surface area contributed by atoms with Gasteiger partial charge in [0, 0.05) is 12.6 Å². The molecular weight excluding hydrogens is 242 g/mol. The second-order valence-corrected chi connectivity index (χ2v) is 5.38. The number of amides is 2. The van der Waals surface area contributed by atoms with E-state index in [2.05, 4.69) is 6.07 Å². The van der Waals surface area contributed by atoms with Gasteiger partial charge in [-0.05, 0) is 32.6 Å². The Morgan fingerprint density at radius 2 is 1.95 bits per heavy atom. The molecule has 5 nitrogen and oxygen atoms in total. The number of carbonyl (C=O) groups is 2. The third-order valence-corrected chi connectivity index (χ3v) is 4.38. The van der Waals surface area contributed by atoms with Crippen LogP contribution in [0.15, 0.2) is 0 Å². The van der Waals surface area contributed by atoms with E-state index in [9.17, 15) is 14.9 Å². The molecule has 1 rings (SSSR count). The highest BCUT2D eigenvalue weighted by molar-refractivity contribution is 5.86. The van der Waals surface area contributed by atoms with E-state index < -0.39 is 5.41 Å². The Bertz CT molecular complexity index is 396. The zero-order chi connectivity index (χ0) is 14.6. The third kappa shape index (κ3) is 2.89. The molecule has 0 saturated carbocycles. The molecule has 0 spiro atoms. The lowest BCUT2D eigenvalue weighted by molar-refractivity contribution is -0.145. The summed E-state index contributed by atoms with van der Waals surface area (Å²) in [5, 5.41) is 9.35. The van der Waals surface area contributed by atoms with Crippen molar-refractivity contribution >= 4 is 11.8 Å². The molecule has 0 aliphatic carbocycles. The molecule has 0 aromatic heterocycles. The normalized spacial score (nSPS) is 23.8. The second kappa shape index (κ2) is 6.05. The molecule has 1 saturated heterocycles. The van der Waals surface area contributed by atoms with Crippen molar-refractivity contribution in [3.05, 3.63) is 0 Å². The van der Waals surface area contributed by atoms with E-state index in [1.807, 2.05) is 20.8 Å². The van der Waals surface area contributed by atoms with E-state index in [-0.39, 0.29) is 23.8 Å². The van der Waals surface area contributed by atoms with Gasteiger partial charge in [0.1, 0.15) is 5.41 Å². The van der Waals surface area contributed by atoms with E-state index >= 15 is 0 Å². The number of hydrogen-bond acceptors (Lipinski definition) is 3. The predicted molar refractivity (Wildman–Crippen MR) is 71.7 cm³/mol. The lowest BCUT2D eigenvalue weighted by atomic mass is 9.80. The number of hydrogen-bond donors (Lipinski definition) is 1. The maximum Gasteiger partial charge on any atom is 0.243 e. The zero-order valence-electron chi connectivity index (χ0n) is 12.0. The molecule has 19 heavy (non-hydrogen) atoms. The molecule has 5 heteroatoms. The van der Waals surface area contributed by atoms with E-state index in [0.717, 1.165) is 12.8 Å². The summed E-state index contributed by atoms with van der Waals surface area (Å²) >= 11 is 0. The molecular formula is C14H23N3O2. The van der Waals surface area contributed by atoms with Gasteiger partial charge in [-0.15, -0.1) is 0 Å². The van der Waals surface area contributed by atoms with Crippen LogP contribution in [0.5, 0.6) is 0 Å². The average molecular weight is 265 g/mol. The van der Waals surface area contributed by atoms with Gasteiger partial charge in [0.15, 0.2) is 0 Å². The van der Waals surface area contributed by atoms with Gasteiger partial charge in [-0.1, -0.05) is 13.8 Å². The van der Waals surface area contributed by atoms with Crippen LogP contribution in [-0.2, 0) is 9.59 Å². The van der Waals surface area contributed by atoms with E-state index in [0.29, 0.717) is 19.4 Å². The van der Waals surface area contributed by atoms with Crippen molar-refractivity contribution in [1.29, 1.82) is 5.26 Å². The van der Waals surface area contributed by atoms with Gasteiger partial charge >= 0.3 is 0 Å². The Morgan fingerprint density at radius 3 is 2.37 bits per heavy atom. The van der Waals surface area contributed by atoms with Gasteiger partial charge < -0.3 is 10.6 Å².